The summed E-state index contributed by atoms with van der Waals surface area (Å²) >= 11 is 0. The molecule has 2 nitrogen and oxygen atoms in total. The van der Waals surface area contributed by atoms with Crippen molar-refractivity contribution < 1.29 is 0 Å². The quantitative estimate of drug-likeness (QED) is 0.633. The first-order valence-corrected chi connectivity index (χ1v) is 9.13. The standard InChI is InChI=1S/C20H38N2/c1-10-13-14-19(7,8)16-15(18(4,5)6)21-17(22-16)20(9,11-2)12-3/h10-14H2,1-9H3,(H,21,22). The van der Waals surface area contributed by atoms with E-state index in [9.17, 15) is 0 Å². The highest BCUT2D eigenvalue weighted by Gasteiger charge is 2.35. The van der Waals surface area contributed by atoms with Gasteiger partial charge in [0.25, 0.3) is 0 Å². The number of rotatable bonds is 7. The molecule has 0 bridgehead atoms. The van der Waals surface area contributed by atoms with E-state index in [-0.39, 0.29) is 16.2 Å². The molecule has 1 aromatic heterocycles. The average Bonchev–Trinajstić information content (AvgIpc) is 2.91. The molecule has 0 aromatic carbocycles. The van der Waals surface area contributed by atoms with Gasteiger partial charge in [0.15, 0.2) is 0 Å². The minimum atomic E-state index is 0.0793. The Morgan fingerprint density at radius 2 is 1.45 bits per heavy atom. The van der Waals surface area contributed by atoms with Crippen LogP contribution < -0.4 is 0 Å². The first kappa shape index (κ1) is 19.3. The molecule has 0 fully saturated rings. The van der Waals surface area contributed by atoms with Crippen molar-refractivity contribution in [2.24, 2.45) is 0 Å². The summed E-state index contributed by atoms with van der Waals surface area (Å²) in [6.45, 7) is 20.7. The fourth-order valence-electron chi connectivity index (χ4n) is 3.02. The Kier molecular flexibility index (Phi) is 5.92. The van der Waals surface area contributed by atoms with Crippen LogP contribution in [0, 0.1) is 0 Å². The summed E-state index contributed by atoms with van der Waals surface area (Å²) in [7, 11) is 0. The maximum absolute atomic E-state index is 5.11. The summed E-state index contributed by atoms with van der Waals surface area (Å²) in [5.41, 5.74) is 3.01. The molecule has 0 amide bonds. The summed E-state index contributed by atoms with van der Waals surface area (Å²) in [4.78, 5) is 8.88. The molecule has 128 valence electrons. The highest BCUT2D eigenvalue weighted by Crippen LogP contribution is 2.39. The van der Waals surface area contributed by atoms with Gasteiger partial charge in [-0.25, -0.2) is 4.98 Å². The third kappa shape index (κ3) is 3.94. The molecule has 0 atom stereocenters. The second-order valence-corrected chi connectivity index (χ2v) is 8.81. The first-order valence-electron chi connectivity index (χ1n) is 9.13. The molecule has 0 aliphatic carbocycles. The van der Waals surface area contributed by atoms with Gasteiger partial charge in [-0.2, -0.15) is 0 Å². The van der Waals surface area contributed by atoms with Gasteiger partial charge in [0.05, 0.1) is 5.69 Å². The molecule has 0 spiro atoms. The van der Waals surface area contributed by atoms with Crippen molar-refractivity contribution in [2.45, 2.75) is 111 Å². The van der Waals surface area contributed by atoms with E-state index in [0.29, 0.717) is 0 Å². The van der Waals surface area contributed by atoms with Crippen LogP contribution in [-0.4, -0.2) is 9.97 Å². The molecular weight excluding hydrogens is 268 g/mol. The molecule has 1 rings (SSSR count). The number of imidazole rings is 1. The van der Waals surface area contributed by atoms with Gasteiger partial charge in [0.1, 0.15) is 5.82 Å². The number of nitrogens with zero attached hydrogens (tertiary/aromatic N) is 1. The van der Waals surface area contributed by atoms with Gasteiger partial charge >= 0.3 is 0 Å². The van der Waals surface area contributed by atoms with Crippen molar-refractivity contribution in [2.75, 3.05) is 0 Å². The van der Waals surface area contributed by atoms with Crippen LogP contribution >= 0.6 is 0 Å². The van der Waals surface area contributed by atoms with Gasteiger partial charge in [0.2, 0.25) is 0 Å². The molecule has 0 saturated heterocycles. The molecule has 0 unspecified atom stereocenters. The Morgan fingerprint density at radius 1 is 0.909 bits per heavy atom. The fraction of sp³-hybridized carbons (Fsp3) is 0.850. The van der Waals surface area contributed by atoms with Crippen LogP contribution in [0.5, 0.6) is 0 Å². The van der Waals surface area contributed by atoms with Crippen molar-refractivity contribution in [3.63, 3.8) is 0 Å². The number of H-pyrrole nitrogens is 1. The van der Waals surface area contributed by atoms with Gasteiger partial charge in [-0.3, -0.25) is 0 Å². The smallest absolute Gasteiger partial charge is 0.112 e. The van der Waals surface area contributed by atoms with Crippen molar-refractivity contribution in [3.8, 4) is 0 Å². The Balaban J connectivity index is 3.40. The van der Waals surface area contributed by atoms with Crippen LogP contribution in [-0.2, 0) is 16.2 Å². The largest absolute Gasteiger partial charge is 0.345 e. The van der Waals surface area contributed by atoms with Gasteiger partial charge in [-0.05, 0) is 19.3 Å². The summed E-state index contributed by atoms with van der Waals surface area (Å²) in [5.74, 6) is 1.18. The number of unbranched alkanes of at least 4 members (excludes halogenated alkanes) is 1. The molecule has 0 aliphatic heterocycles. The SMILES string of the molecule is CCCCC(C)(C)c1[nH]c(C(C)(CC)CC)nc1C(C)(C)C. The number of nitrogens with one attached hydrogen (secondary N) is 1. The zero-order chi connectivity index (χ0) is 17.2. The normalized spacial score (nSPS) is 13.7. The molecule has 1 aromatic rings. The fourth-order valence-corrected chi connectivity index (χ4v) is 3.02. The van der Waals surface area contributed by atoms with Gasteiger partial charge in [0, 0.05) is 21.9 Å². The van der Waals surface area contributed by atoms with E-state index in [1.807, 2.05) is 0 Å². The van der Waals surface area contributed by atoms with Crippen molar-refractivity contribution >= 4 is 0 Å². The van der Waals surface area contributed by atoms with Crippen LogP contribution in [0.4, 0.5) is 0 Å². The van der Waals surface area contributed by atoms with E-state index in [0.717, 1.165) is 12.8 Å². The maximum atomic E-state index is 5.11. The Labute approximate surface area is 138 Å². The number of hydrogen-bond donors (Lipinski definition) is 1. The lowest BCUT2D eigenvalue weighted by molar-refractivity contribution is 0.408. The molecule has 2 heteroatoms. The van der Waals surface area contributed by atoms with Crippen LogP contribution in [0.25, 0.3) is 0 Å². The minimum Gasteiger partial charge on any atom is -0.345 e. The Hall–Kier alpha value is -0.790. The molecule has 0 radical (unpaired) electrons. The van der Waals surface area contributed by atoms with E-state index in [1.54, 1.807) is 0 Å². The lowest BCUT2D eigenvalue weighted by Crippen LogP contribution is -2.24. The van der Waals surface area contributed by atoms with Crippen LogP contribution in [0.15, 0.2) is 0 Å². The van der Waals surface area contributed by atoms with Crippen LogP contribution in [0.1, 0.15) is 112 Å². The third-order valence-electron chi connectivity index (χ3n) is 5.38. The van der Waals surface area contributed by atoms with E-state index in [2.05, 4.69) is 67.3 Å². The number of aromatic amines is 1. The second-order valence-electron chi connectivity index (χ2n) is 8.81. The van der Waals surface area contributed by atoms with Gasteiger partial charge in [-0.15, -0.1) is 0 Å². The topological polar surface area (TPSA) is 28.7 Å². The van der Waals surface area contributed by atoms with E-state index in [1.165, 1.54) is 36.5 Å². The second kappa shape index (κ2) is 6.76. The zero-order valence-corrected chi connectivity index (χ0v) is 16.5. The van der Waals surface area contributed by atoms with Crippen molar-refractivity contribution in [1.29, 1.82) is 0 Å². The summed E-state index contributed by atoms with van der Waals surface area (Å²) in [5, 5.41) is 0. The molecule has 22 heavy (non-hydrogen) atoms. The predicted octanol–water partition coefficient (Wildman–Crippen LogP) is 6.25. The lowest BCUT2D eigenvalue weighted by Gasteiger charge is -2.28. The summed E-state index contributed by atoms with van der Waals surface area (Å²) < 4.78 is 0. The van der Waals surface area contributed by atoms with Gasteiger partial charge in [-0.1, -0.05) is 75.2 Å². The van der Waals surface area contributed by atoms with Crippen molar-refractivity contribution in [3.05, 3.63) is 17.2 Å². The maximum Gasteiger partial charge on any atom is 0.112 e. The van der Waals surface area contributed by atoms with E-state index >= 15 is 0 Å². The zero-order valence-electron chi connectivity index (χ0n) is 16.5. The summed E-state index contributed by atoms with van der Waals surface area (Å²) in [6, 6.07) is 0. The molecule has 1 N–H and O–H groups in total. The first-order chi connectivity index (χ1) is 10.0. The molecular formula is C20H38N2. The van der Waals surface area contributed by atoms with Crippen LogP contribution in [0.2, 0.25) is 0 Å². The molecule has 1 heterocycles. The number of aromatic nitrogens is 2. The highest BCUT2D eigenvalue weighted by molar-refractivity contribution is 5.30. The average molecular weight is 307 g/mol. The highest BCUT2D eigenvalue weighted by atomic mass is 15.0. The predicted molar refractivity (Wildman–Crippen MR) is 97.8 cm³/mol. The summed E-state index contributed by atoms with van der Waals surface area (Å²) in [6.07, 6.45) is 5.97. The minimum absolute atomic E-state index is 0.0793. The van der Waals surface area contributed by atoms with Crippen molar-refractivity contribution in [1.82, 2.24) is 9.97 Å². The Bertz CT molecular complexity index is 470. The molecule has 0 aliphatic rings. The lowest BCUT2D eigenvalue weighted by atomic mass is 9.78. The Morgan fingerprint density at radius 3 is 1.86 bits per heavy atom. The van der Waals surface area contributed by atoms with E-state index in [4.69, 9.17) is 4.98 Å². The van der Waals surface area contributed by atoms with Crippen LogP contribution in [0.3, 0.4) is 0 Å². The van der Waals surface area contributed by atoms with Gasteiger partial charge < -0.3 is 4.98 Å². The van der Waals surface area contributed by atoms with E-state index < -0.39 is 0 Å². The number of hydrogen-bond acceptors (Lipinski definition) is 1. The third-order valence-corrected chi connectivity index (χ3v) is 5.38. The monoisotopic (exact) mass is 306 g/mol. The molecule has 0 saturated carbocycles.